The van der Waals surface area contributed by atoms with Crippen molar-refractivity contribution in [3.63, 3.8) is 0 Å². The SMILES string of the molecule is CCC(CO)(CO)NS(=O)(=O)NC(C)(C)C. The van der Waals surface area contributed by atoms with Gasteiger partial charge in [0.25, 0.3) is 10.2 Å². The second-order valence-electron chi connectivity index (χ2n) is 4.91. The third-order valence-corrected chi connectivity index (χ3v) is 3.66. The van der Waals surface area contributed by atoms with Gasteiger partial charge in [-0.15, -0.1) is 0 Å². The minimum atomic E-state index is -3.75. The Morgan fingerprint density at radius 1 is 1.06 bits per heavy atom. The third kappa shape index (κ3) is 5.22. The van der Waals surface area contributed by atoms with Gasteiger partial charge in [-0.05, 0) is 27.2 Å². The lowest BCUT2D eigenvalue weighted by molar-refractivity contribution is 0.105. The van der Waals surface area contributed by atoms with E-state index in [-0.39, 0.29) is 0 Å². The highest BCUT2D eigenvalue weighted by Gasteiger charge is 2.33. The smallest absolute Gasteiger partial charge is 0.278 e. The Kier molecular flexibility index (Phi) is 5.34. The van der Waals surface area contributed by atoms with Crippen molar-refractivity contribution in [3.05, 3.63) is 0 Å². The van der Waals surface area contributed by atoms with E-state index in [1.165, 1.54) is 0 Å². The highest BCUT2D eigenvalue weighted by atomic mass is 32.2. The average Bonchev–Trinajstić information content (AvgIpc) is 2.10. The van der Waals surface area contributed by atoms with Crippen molar-refractivity contribution in [2.24, 2.45) is 0 Å². The van der Waals surface area contributed by atoms with E-state index in [0.717, 1.165) is 0 Å². The summed E-state index contributed by atoms with van der Waals surface area (Å²) in [6.45, 7) is 5.90. The van der Waals surface area contributed by atoms with Crippen LogP contribution in [0, 0.1) is 0 Å². The van der Waals surface area contributed by atoms with Gasteiger partial charge in [-0.1, -0.05) is 6.92 Å². The molecular formula is C9H22N2O4S. The average molecular weight is 254 g/mol. The lowest BCUT2D eigenvalue weighted by Crippen LogP contribution is -2.59. The van der Waals surface area contributed by atoms with E-state index in [1.807, 2.05) is 0 Å². The van der Waals surface area contributed by atoms with Gasteiger partial charge < -0.3 is 10.2 Å². The number of hydrogen-bond donors (Lipinski definition) is 4. The summed E-state index contributed by atoms with van der Waals surface area (Å²) in [5.41, 5.74) is -1.83. The van der Waals surface area contributed by atoms with Crippen LogP contribution in [0.25, 0.3) is 0 Å². The van der Waals surface area contributed by atoms with Gasteiger partial charge in [-0.2, -0.15) is 17.9 Å². The van der Waals surface area contributed by atoms with Gasteiger partial charge in [-0.3, -0.25) is 0 Å². The number of aliphatic hydroxyl groups is 2. The fourth-order valence-corrected chi connectivity index (χ4v) is 2.82. The number of hydrogen-bond acceptors (Lipinski definition) is 4. The second-order valence-corrected chi connectivity index (χ2v) is 6.32. The summed E-state index contributed by atoms with van der Waals surface area (Å²) in [4.78, 5) is 0. The van der Waals surface area contributed by atoms with Crippen LogP contribution in [-0.4, -0.2) is 42.9 Å². The van der Waals surface area contributed by atoms with Gasteiger partial charge in [0.1, 0.15) is 0 Å². The van der Waals surface area contributed by atoms with E-state index >= 15 is 0 Å². The van der Waals surface area contributed by atoms with Gasteiger partial charge in [-0.25, -0.2) is 0 Å². The number of nitrogens with one attached hydrogen (secondary N) is 2. The van der Waals surface area contributed by atoms with Gasteiger partial charge in [0.2, 0.25) is 0 Å². The predicted molar refractivity (Wildman–Crippen MR) is 62.1 cm³/mol. The molecule has 0 radical (unpaired) electrons. The van der Waals surface area contributed by atoms with E-state index in [2.05, 4.69) is 9.44 Å². The fourth-order valence-electron chi connectivity index (χ4n) is 1.12. The Hall–Kier alpha value is -0.210. The molecule has 0 saturated carbocycles. The Balaban J connectivity index is 4.81. The summed E-state index contributed by atoms with van der Waals surface area (Å²) in [5.74, 6) is 0. The molecule has 0 aliphatic heterocycles. The standard InChI is InChI=1S/C9H22N2O4S/c1-5-9(6-12,7-13)11-16(14,15)10-8(2,3)4/h10-13H,5-7H2,1-4H3. The number of aliphatic hydroxyl groups excluding tert-OH is 2. The van der Waals surface area contributed by atoms with Crippen LogP contribution in [0.15, 0.2) is 0 Å². The first-order valence-corrected chi connectivity index (χ1v) is 6.62. The Bertz CT molecular complexity index is 296. The van der Waals surface area contributed by atoms with Crippen LogP contribution in [0.4, 0.5) is 0 Å². The minimum absolute atomic E-state index is 0.297. The largest absolute Gasteiger partial charge is 0.394 e. The molecule has 0 bridgehead atoms. The van der Waals surface area contributed by atoms with Crippen molar-refractivity contribution in [2.45, 2.75) is 45.2 Å². The maximum Gasteiger partial charge on any atom is 0.278 e. The highest BCUT2D eigenvalue weighted by Crippen LogP contribution is 2.11. The Morgan fingerprint density at radius 3 is 1.75 bits per heavy atom. The van der Waals surface area contributed by atoms with Crippen LogP contribution in [0.1, 0.15) is 34.1 Å². The van der Waals surface area contributed by atoms with Crippen molar-refractivity contribution >= 4 is 10.2 Å². The maximum atomic E-state index is 11.7. The van der Waals surface area contributed by atoms with E-state index in [4.69, 9.17) is 10.2 Å². The quantitative estimate of drug-likeness (QED) is 0.506. The van der Waals surface area contributed by atoms with E-state index < -0.39 is 34.5 Å². The molecule has 0 spiro atoms. The molecule has 0 unspecified atom stereocenters. The lowest BCUT2D eigenvalue weighted by atomic mass is 10.0. The van der Waals surface area contributed by atoms with E-state index in [0.29, 0.717) is 6.42 Å². The van der Waals surface area contributed by atoms with Crippen molar-refractivity contribution in [1.29, 1.82) is 0 Å². The molecule has 0 heterocycles. The molecule has 7 heteroatoms. The summed E-state index contributed by atoms with van der Waals surface area (Å²) >= 11 is 0. The molecule has 0 amide bonds. The van der Waals surface area contributed by atoms with E-state index in [1.54, 1.807) is 27.7 Å². The van der Waals surface area contributed by atoms with Crippen LogP contribution >= 0.6 is 0 Å². The van der Waals surface area contributed by atoms with Gasteiger partial charge in [0.05, 0.1) is 18.8 Å². The van der Waals surface area contributed by atoms with Crippen LogP contribution in [0.3, 0.4) is 0 Å². The monoisotopic (exact) mass is 254 g/mol. The molecule has 0 aliphatic carbocycles. The molecule has 16 heavy (non-hydrogen) atoms. The summed E-state index contributed by atoms with van der Waals surface area (Å²) in [6, 6.07) is 0. The molecule has 0 aromatic heterocycles. The second kappa shape index (κ2) is 5.42. The maximum absolute atomic E-state index is 11.7. The number of rotatable bonds is 6. The molecule has 0 rings (SSSR count). The zero-order valence-corrected chi connectivity index (χ0v) is 11.1. The van der Waals surface area contributed by atoms with Crippen molar-refractivity contribution in [3.8, 4) is 0 Å². The zero-order valence-electron chi connectivity index (χ0n) is 10.2. The Labute approximate surface area is 97.2 Å². The Morgan fingerprint density at radius 2 is 1.50 bits per heavy atom. The fraction of sp³-hybridized carbons (Fsp3) is 1.00. The van der Waals surface area contributed by atoms with Crippen molar-refractivity contribution in [1.82, 2.24) is 9.44 Å². The summed E-state index contributed by atoms with van der Waals surface area (Å²) in [6.07, 6.45) is 0.297. The highest BCUT2D eigenvalue weighted by molar-refractivity contribution is 7.87. The molecule has 98 valence electrons. The molecule has 0 fully saturated rings. The summed E-state index contributed by atoms with van der Waals surface area (Å²) < 4.78 is 28.1. The molecule has 0 aromatic carbocycles. The lowest BCUT2D eigenvalue weighted by Gasteiger charge is -2.31. The van der Waals surface area contributed by atoms with Crippen LogP contribution < -0.4 is 9.44 Å². The predicted octanol–water partition coefficient (Wildman–Crippen LogP) is -0.658. The molecule has 0 aliphatic rings. The first kappa shape index (κ1) is 15.8. The van der Waals surface area contributed by atoms with Gasteiger partial charge in [0, 0.05) is 5.54 Å². The molecule has 0 aromatic rings. The minimum Gasteiger partial charge on any atom is -0.394 e. The molecule has 4 N–H and O–H groups in total. The van der Waals surface area contributed by atoms with Crippen LogP contribution in [0.2, 0.25) is 0 Å². The zero-order chi connectivity index (χ0) is 13.0. The summed E-state index contributed by atoms with van der Waals surface area (Å²) in [7, 11) is -3.75. The molecule has 0 atom stereocenters. The van der Waals surface area contributed by atoms with Crippen molar-refractivity contribution in [2.75, 3.05) is 13.2 Å². The summed E-state index contributed by atoms with van der Waals surface area (Å²) in [5, 5.41) is 18.2. The first-order valence-electron chi connectivity index (χ1n) is 5.14. The van der Waals surface area contributed by atoms with Gasteiger partial charge in [0.15, 0.2) is 0 Å². The topological polar surface area (TPSA) is 98.7 Å². The van der Waals surface area contributed by atoms with Crippen LogP contribution in [-0.2, 0) is 10.2 Å². The van der Waals surface area contributed by atoms with Crippen molar-refractivity contribution < 1.29 is 18.6 Å². The van der Waals surface area contributed by atoms with Crippen LogP contribution in [0.5, 0.6) is 0 Å². The van der Waals surface area contributed by atoms with Gasteiger partial charge >= 0.3 is 0 Å². The van der Waals surface area contributed by atoms with E-state index in [9.17, 15) is 8.42 Å². The molecular weight excluding hydrogens is 232 g/mol. The normalized spacial score (nSPS) is 14.1. The molecule has 0 saturated heterocycles. The molecule has 6 nitrogen and oxygen atoms in total. The third-order valence-electron chi connectivity index (χ3n) is 2.07. The first-order chi connectivity index (χ1) is 7.10.